The molecule has 10 nitrogen and oxygen atoms in total. The third kappa shape index (κ3) is 6.45. The number of anilines is 3. The predicted molar refractivity (Wildman–Crippen MR) is 168 cm³/mol. The Morgan fingerprint density at radius 1 is 1.07 bits per heavy atom. The van der Waals surface area contributed by atoms with Gasteiger partial charge in [0.25, 0.3) is 5.78 Å². The molecule has 6 rings (SSSR count). The Morgan fingerprint density at radius 2 is 1.83 bits per heavy atom. The number of aromatic nitrogens is 5. The van der Waals surface area contributed by atoms with Crippen LogP contribution >= 0.6 is 11.6 Å². The number of nitrogens with two attached hydrogens (primary N) is 1. The van der Waals surface area contributed by atoms with E-state index in [9.17, 15) is 22.4 Å². The van der Waals surface area contributed by atoms with Crippen LogP contribution in [0.25, 0.3) is 16.9 Å². The minimum absolute atomic E-state index is 0.0413. The Balaban J connectivity index is 1.31. The summed E-state index contributed by atoms with van der Waals surface area (Å²) in [5.74, 6) is -1.43. The van der Waals surface area contributed by atoms with Gasteiger partial charge in [0.05, 0.1) is 16.3 Å². The van der Waals surface area contributed by atoms with Crippen LogP contribution in [-0.2, 0) is 0 Å². The lowest BCUT2D eigenvalue weighted by atomic mass is 9.95. The predicted octanol–water partition coefficient (Wildman–Crippen LogP) is 5.97. The molecule has 0 aliphatic carbocycles. The van der Waals surface area contributed by atoms with Crippen molar-refractivity contribution in [3.05, 3.63) is 58.6 Å². The summed E-state index contributed by atoms with van der Waals surface area (Å²) < 4.78 is 55.0. The summed E-state index contributed by atoms with van der Waals surface area (Å²) in [6.07, 6.45) is -1.71. The molecule has 244 valence electrons. The number of alkyl halides is 3. The highest BCUT2D eigenvalue weighted by Crippen LogP contribution is 2.34. The van der Waals surface area contributed by atoms with Gasteiger partial charge in [-0.25, -0.2) is 19.3 Å². The second-order valence-electron chi connectivity index (χ2n) is 12.1. The number of nitrogens with one attached hydrogen (secondary N) is 1. The molecule has 15 heteroatoms. The summed E-state index contributed by atoms with van der Waals surface area (Å²) in [4.78, 5) is 30.0. The minimum Gasteiger partial charge on any atom is -0.383 e. The summed E-state index contributed by atoms with van der Waals surface area (Å²) in [7, 11) is 0. The highest BCUT2D eigenvalue weighted by Gasteiger charge is 2.40. The van der Waals surface area contributed by atoms with E-state index in [4.69, 9.17) is 32.4 Å². The largest absolute Gasteiger partial charge is 0.455 e. The fourth-order valence-corrected chi connectivity index (χ4v) is 6.39. The molecule has 0 spiro atoms. The molecule has 3 aromatic heterocycles. The number of rotatable bonds is 7. The second kappa shape index (κ2) is 12.6. The summed E-state index contributed by atoms with van der Waals surface area (Å²) >= 11 is 6.38. The number of benzene rings is 1. The number of fused-ring (bicyclic) bond motifs is 1. The molecule has 46 heavy (non-hydrogen) atoms. The molecule has 1 unspecified atom stereocenters. The van der Waals surface area contributed by atoms with Crippen molar-refractivity contribution in [2.75, 3.05) is 42.1 Å². The first-order valence-electron chi connectivity index (χ1n) is 15.2. The van der Waals surface area contributed by atoms with Crippen molar-refractivity contribution in [1.82, 2.24) is 29.5 Å². The first kappa shape index (κ1) is 31.9. The van der Waals surface area contributed by atoms with E-state index >= 15 is 0 Å². The number of carbonyl (C=O) groups is 1. The Labute approximate surface area is 268 Å². The van der Waals surface area contributed by atoms with Gasteiger partial charge in [0, 0.05) is 42.7 Å². The van der Waals surface area contributed by atoms with Gasteiger partial charge in [0.15, 0.2) is 11.5 Å². The van der Waals surface area contributed by atoms with Gasteiger partial charge in [-0.2, -0.15) is 17.7 Å². The maximum atomic E-state index is 14.5. The molecule has 3 N–H and O–H groups in total. The minimum atomic E-state index is -5.05. The number of hydrogen-bond donors (Lipinski definition) is 2. The van der Waals surface area contributed by atoms with E-state index in [1.807, 2.05) is 4.90 Å². The molecule has 2 aliphatic heterocycles. The summed E-state index contributed by atoms with van der Waals surface area (Å²) in [6.45, 7) is 7.37. The smallest absolute Gasteiger partial charge is 0.383 e. The number of likely N-dealkylation sites (tertiary alicyclic amines) is 1. The molecule has 2 aliphatic rings. The number of nitrogen functional groups attached to an aromatic ring is 1. The molecular formula is C31H34ClF4N9O. The highest BCUT2D eigenvalue weighted by molar-refractivity contribution is 6.33. The molecule has 4 aromatic rings. The number of Topliss-reactive ketones (excluding diaryl/α,β-unsaturated/α-hetero) is 1. The summed E-state index contributed by atoms with van der Waals surface area (Å²) in [5, 5.41) is 8.12. The van der Waals surface area contributed by atoms with E-state index < -0.39 is 29.2 Å². The molecular weight excluding hydrogens is 626 g/mol. The van der Waals surface area contributed by atoms with Crippen LogP contribution < -0.4 is 16.0 Å². The van der Waals surface area contributed by atoms with E-state index in [2.05, 4.69) is 29.0 Å². The van der Waals surface area contributed by atoms with Gasteiger partial charge in [-0.05, 0) is 70.8 Å². The Kier molecular flexibility index (Phi) is 8.77. The fourth-order valence-electron chi connectivity index (χ4n) is 6.17. The fraction of sp³-hybridized carbons (Fsp3) is 0.452. The van der Waals surface area contributed by atoms with Crippen molar-refractivity contribution in [2.45, 2.75) is 63.7 Å². The number of halogens is 5. The lowest BCUT2D eigenvalue weighted by molar-refractivity contribution is -0.0884. The number of nitrogens with zero attached hydrogens (tertiary/aromatic N) is 7. The Hall–Kier alpha value is -4.04. The van der Waals surface area contributed by atoms with Crippen molar-refractivity contribution >= 4 is 40.6 Å². The number of pyridine rings is 1. The topological polar surface area (TPSA) is 118 Å². The average Bonchev–Trinajstić information content (AvgIpc) is 3.46. The van der Waals surface area contributed by atoms with Gasteiger partial charge in [0.2, 0.25) is 5.95 Å². The lowest BCUT2D eigenvalue weighted by Crippen LogP contribution is -2.43. The molecule has 2 saturated heterocycles. The monoisotopic (exact) mass is 659 g/mol. The van der Waals surface area contributed by atoms with Crippen LogP contribution in [0.15, 0.2) is 36.4 Å². The van der Waals surface area contributed by atoms with Gasteiger partial charge in [-0.1, -0.05) is 23.7 Å². The van der Waals surface area contributed by atoms with Gasteiger partial charge in [-0.15, -0.1) is 5.10 Å². The molecule has 5 heterocycles. The van der Waals surface area contributed by atoms with Crippen LogP contribution in [0.1, 0.15) is 61.6 Å². The van der Waals surface area contributed by atoms with Gasteiger partial charge >= 0.3 is 6.18 Å². The maximum Gasteiger partial charge on any atom is 0.455 e. The van der Waals surface area contributed by atoms with Gasteiger partial charge in [0.1, 0.15) is 17.5 Å². The zero-order valence-electron chi connectivity index (χ0n) is 25.4. The second-order valence-corrected chi connectivity index (χ2v) is 12.5. The molecule has 0 saturated carbocycles. The zero-order valence-corrected chi connectivity index (χ0v) is 26.1. The molecule has 2 fully saturated rings. The Morgan fingerprint density at radius 3 is 2.52 bits per heavy atom. The number of piperidine rings is 2. The number of ketones is 1. The van der Waals surface area contributed by atoms with Crippen LogP contribution in [0.5, 0.6) is 0 Å². The van der Waals surface area contributed by atoms with Crippen LogP contribution in [0.3, 0.4) is 0 Å². The summed E-state index contributed by atoms with van der Waals surface area (Å²) in [6, 6.07) is 8.96. The van der Waals surface area contributed by atoms with Crippen molar-refractivity contribution in [3.8, 4) is 11.3 Å². The standard InChI is InChI=1S/C31H34ClF4N9O/c1-17(2)43-13-10-18(11-14-43)29-41-25-15-23(20-6-3-7-22(33)26(20)32)39-30(45(25)42-29)44-12-4-5-19(16-44)38-24-9-8-21(28(37)40-24)27(46)31(34,35)36/h3,6-9,15,17-19H,4-5,10-14,16H2,1-2H3,(H3,37,38,40). The lowest BCUT2D eigenvalue weighted by Gasteiger charge is -2.34. The summed E-state index contributed by atoms with van der Waals surface area (Å²) in [5.41, 5.74) is 6.49. The van der Waals surface area contributed by atoms with E-state index in [1.54, 1.807) is 22.7 Å². The number of carbonyl (C=O) groups excluding carboxylic acids is 1. The average molecular weight is 660 g/mol. The third-order valence-electron chi connectivity index (χ3n) is 8.66. The van der Waals surface area contributed by atoms with E-state index in [0.717, 1.165) is 50.7 Å². The first-order valence-corrected chi connectivity index (χ1v) is 15.6. The van der Waals surface area contributed by atoms with Crippen molar-refractivity contribution < 1.29 is 22.4 Å². The number of hydrogen-bond acceptors (Lipinski definition) is 9. The Bertz CT molecular complexity index is 1750. The van der Waals surface area contributed by atoms with Crippen LogP contribution in [0, 0.1) is 5.82 Å². The molecule has 0 amide bonds. The SMILES string of the molecule is CC(C)N1CCC(c2nc3cc(-c4cccc(F)c4Cl)nc(N4CCCC(Nc5ccc(C(=O)C(F)(F)F)c(N)n5)C4)n3n2)CC1. The third-order valence-corrected chi connectivity index (χ3v) is 9.04. The molecule has 1 atom stereocenters. The molecule has 0 bridgehead atoms. The van der Waals surface area contributed by atoms with Crippen molar-refractivity contribution in [3.63, 3.8) is 0 Å². The van der Waals surface area contributed by atoms with Gasteiger partial charge in [-0.3, -0.25) is 4.79 Å². The van der Waals surface area contributed by atoms with E-state index in [1.165, 1.54) is 12.1 Å². The highest BCUT2D eigenvalue weighted by atomic mass is 35.5. The molecule has 0 radical (unpaired) electrons. The van der Waals surface area contributed by atoms with Crippen LogP contribution in [0.2, 0.25) is 5.02 Å². The maximum absolute atomic E-state index is 14.5. The van der Waals surface area contributed by atoms with Crippen LogP contribution in [0.4, 0.5) is 35.1 Å². The quantitative estimate of drug-likeness (QED) is 0.183. The normalized spacial score (nSPS) is 18.4. The van der Waals surface area contributed by atoms with E-state index in [0.29, 0.717) is 42.0 Å². The van der Waals surface area contributed by atoms with E-state index in [-0.39, 0.29) is 22.8 Å². The first-order chi connectivity index (χ1) is 21.9. The molecule has 1 aromatic carbocycles. The van der Waals surface area contributed by atoms with Crippen molar-refractivity contribution in [1.29, 1.82) is 0 Å². The zero-order chi connectivity index (χ0) is 32.7. The van der Waals surface area contributed by atoms with Crippen LogP contribution in [-0.4, -0.2) is 79.7 Å². The van der Waals surface area contributed by atoms with Crippen molar-refractivity contribution in [2.24, 2.45) is 0 Å². The van der Waals surface area contributed by atoms with Gasteiger partial charge < -0.3 is 20.9 Å².